The van der Waals surface area contributed by atoms with E-state index in [-0.39, 0.29) is 23.6 Å². The van der Waals surface area contributed by atoms with Gasteiger partial charge < -0.3 is 10.1 Å². The van der Waals surface area contributed by atoms with E-state index < -0.39 is 5.97 Å². The Kier molecular flexibility index (Phi) is 7.69. The summed E-state index contributed by atoms with van der Waals surface area (Å²) in [6.07, 6.45) is 0. The van der Waals surface area contributed by atoms with Gasteiger partial charge in [0.15, 0.2) is 11.0 Å². The first-order valence-electron chi connectivity index (χ1n) is 10.3. The number of ether oxygens (including phenoxy) is 1. The summed E-state index contributed by atoms with van der Waals surface area (Å²) in [5, 5.41) is 11.9. The number of aromatic nitrogens is 3. The number of methoxy groups -OCH3 is 1. The number of nitrogens with zero attached hydrogens (tertiary/aromatic N) is 3. The minimum Gasteiger partial charge on any atom is -0.468 e. The molecule has 1 heterocycles. The number of esters is 1. The normalized spacial score (nSPS) is 11.2. The van der Waals surface area contributed by atoms with Crippen LogP contribution in [0, 0.1) is 0 Å². The minimum atomic E-state index is -0.489. The van der Waals surface area contributed by atoms with Crippen LogP contribution in [0.2, 0.25) is 0 Å². The van der Waals surface area contributed by atoms with Crippen molar-refractivity contribution in [1.29, 1.82) is 0 Å². The third kappa shape index (κ3) is 6.20. The molecule has 1 N–H and O–H groups in total. The Bertz CT molecular complexity index is 1060. The molecule has 0 aliphatic heterocycles. The molecular weight excluding hydrogens is 424 g/mol. The lowest BCUT2D eigenvalue weighted by Crippen LogP contribution is -2.31. The van der Waals surface area contributed by atoms with E-state index in [4.69, 9.17) is 0 Å². The van der Waals surface area contributed by atoms with E-state index in [2.05, 4.69) is 65.3 Å². The number of benzene rings is 2. The first-order chi connectivity index (χ1) is 15.3. The van der Waals surface area contributed by atoms with E-state index in [1.807, 2.05) is 34.9 Å². The molecule has 2 aromatic carbocycles. The Hall–Kier alpha value is -3.13. The number of carbonyl (C=O) groups excluding carboxylic acids is 2. The molecule has 0 saturated carbocycles. The van der Waals surface area contributed by atoms with Gasteiger partial charge in [0.1, 0.15) is 6.54 Å². The number of hydrogen-bond acceptors (Lipinski definition) is 6. The summed E-state index contributed by atoms with van der Waals surface area (Å²) in [6.45, 7) is 6.97. The standard InChI is InChI=1S/C24H28N4O3S/c1-24(2,3)19-12-10-18(11-13-19)22-26-27-23(28(22)15-17-8-6-5-7-9-17)32-16-20(29)25-14-21(30)31-4/h5-13H,14-16H2,1-4H3,(H,25,29). The molecule has 0 atom stereocenters. The van der Waals surface area contributed by atoms with Crippen molar-refractivity contribution in [3.05, 3.63) is 65.7 Å². The summed E-state index contributed by atoms with van der Waals surface area (Å²) in [6, 6.07) is 18.4. The van der Waals surface area contributed by atoms with Gasteiger partial charge in [0, 0.05) is 5.56 Å². The van der Waals surface area contributed by atoms with Gasteiger partial charge in [-0.25, -0.2) is 0 Å². The Morgan fingerprint density at radius 2 is 1.72 bits per heavy atom. The second-order valence-electron chi connectivity index (χ2n) is 8.35. The molecule has 32 heavy (non-hydrogen) atoms. The van der Waals surface area contributed by atoms with Crippen LogP contribution < -0.4 is 5.32 Å². The van der Waals surface area contributed by atoms with Crippen molar-refractivity contribution in [1.82, 2.24) is 20.1 Å². The Balaban J connectivity index is 1.83. The summed E-state index contributed by atoms with van der Waals surface area (Å²) in [5.41, 5.74) is 3.38. The highest BCUT2D eigenvalue weighted by molar-refractivity contribution is 7.99. The molecule has 0 spiro atoms. The van der Waals surface area contributed by atoms with Gasteiger partial charge in [0.2, 0.25) is 5.91 Å². The summed E-state index contributed by atoms with van der Waals surface area (Å²) >= 11 is 1.28. The molecule has 0 bridgehead atoms. The summed E-state index contributed by atoms with van der Waals surface area (Å²) in [4.78, 5) is 23.3. The Morgan fingerprint density at radius 3 is 2.34 bits per heavy atom. The highest BCUT2D eigenvalue weighted by atomic mass is 32.2. The van der Waals surface area contributed by atoms with Crippen LogP contribution in [0.5, 0.6) is 0 Å². The van der Waals surface area contributed by atoms with Gasteiger partial charge in [-0.1, -0.05) is 87.1 Å². The van der Waals surface area contributed by atoms with Crippen LogP contribution in [-0.4, -0.2) is 46.0 Å². The van der Waals surface area contributed by atoms with Gasteiger partial charge in [0.25, 0.3) is 0 Å². The zero-order chi connectivity index (χ0) is 23.1. The number of thioether (sulfide) groups is 1. The molecule has 0 saturated heterocycles. The average Bonchev–Trinajstić information content (AvgIpc) is 3.18. The predicted molar refractivity (Wildman–Crippen MR) is 125 cm³/mol. The fourth-order valence-electron chi connectivity index (χ4n) is 3.06. The van der Waals surface area contributed by atoms with Crippen molar-refractivity contribution in [3.8, 4) is 11.4 Å². The zero-order valence-corrected chi connectivity index (χ0v) is 19.6. The highest BCUT2D eigenvalue weighted by Gasteiger charge is 2.18. The van der Waals surface area contributed by atoms with Gasteiger partial charge in [-0.3, -0.25) is 14.2 Å². The molecule has 1 amide bonds. The number of nitrogens with one attached hydrogen (secondary N) is 1. The van der Waals surface area contributed by atoms with Crippen molar-refractivity contribution in [2.45, 2.75) is 37.9 Å². The number of rotatable bonds is 8. The second-order valence-corrected chi connectivity index (χ2v) is 9.29. The smallest absolute Gasteiger partial charge is 0.325 e. The van der Waals surface area contributed by atoms with E-state index in [1.54, 1.807) is 0 Å². The Labute approximate surface area is 192 Å². The molecule has 1 aromatic heterocycles. The van der Waals surface area contributed by atoms with E-state index in [9.17, 15) is 9.59 Å². The van der Waals surface area contributed by atoms with Gasteiger partial charge >= 0.3 is 5.97 Å². The molecule has 7 nitrogen and oxygen atoms in total. The quantitative estimate of drug-likeness (QED) is 0.415. The molecule has 0 aliphatic rings. The third-order valence-electron chi connectivity index (χ3n) is 4.90. The van der Waals surface area contributed by atoms with E-state index in [0.29, 0.717) is 11.7 Å². The van der Waals surface area contributed by atoms with Gasteiger partial charge in [0.05, 0.1) is 19.4 Å². The third-order valence-corrected chi connectivity index (χ3v) is 5.87. The lowest BCUT2D eigenvalue weighted by atomic mass is 9.87. The summed E-state index contributed by atoms with van der Waals surface area (Å²) in [7, 11) is 1.28. The van der Waals surface area contributed by atoms with Crippen LogP contribution in [0.15, 0.2) is 59.8 Å². The van der Waals surface area contributed by atoms with Crippen molar-refractivity contribution in [2.75, 3.05) is 19.4 Å². The monoisotopic (exact) mass is 452 g/mol. The summed E-state index contributed by atoms with van der Waals surface area (Å²) < 4.78 is 6.56. The van der Waals surface area contributed by atoms with E-state index in [1.165, 1.54) is 24.4 Å². The maximum atomic E-state index is 12.1. The number of carbonyl (C=O) groups is 2. The van der Waals surface area contributed by atoms with Gasteiger partial charge in [-0.05, 0) is 16.5 Å². The van der Waals surface area contributed by atoms with Gasteiger partial charge in [-0.2, -0.15) is 0 Å². The fraction of sp³-hybridized carbons (Fsp3) is 0.333. The lowest BCUT2D eigenvalue weighted by molar-refractivity contribution is -0.140. The molecule has 0 aliphatic carbocycles. The van der Waals surface area contributed by atoms with E-state index >= 15 is 0 Å². The second kappa shape index (κ2) is 10.5. The van der Waals surface area contributed by atoms with E-state index in [0.717, 1.165) is 17.0 Å². The molecule has 168 valence electrons. The molecular formula is C24H28N4O3S. The first-order valence-corrected chi connectivity index (χ1v) is 11.3. The zero-order valence-electron chi connectivity index (χ0n) is 18.8. The molecule has 3 aromatic rings. The molecule has 0 radical (unpaired) electrons. The van der Waals surface area contributed by atoms with Crippen molar-refractivity contribution < 1.29 is 14.3 Å². The largest absolute Gasteiger partial charge is 0.468 e. The highest BCUT2D eigenvalue weighted by Crippen LogP contribution is 2.28. The van der Waals surface area contributed by atoms with Crippen LogP contribution >= 0.6 is 11.8 Å². The van der Waals surface area contributed by atoms with Crippen LogP contribution in [-0.2, 0) is 26.3 Å². The van der Waals surface area contributed by atoms with Gasteiger partial charge in [-0.15, -0.1) is 10.2 Å². The average molecular weight is 453 g/mol. The van der Waals surface area contributed by atoms with Crippen LogP contribution in [0.25, 0.3) is 11.4 Å². The van der Waals surface area contributed by atoms with Crippen molar-refractivity contribution >= 4 is 23.6 Å². The molecule has 8 heteroatoms. The topological polar surface area (TPSA) is 86.1 Å². The van der Waals surface area contributed by atoms with Crippen LogP contribution in [0.4, 0.5) is 0 Å². The SMILES string of the molecule is COC(=O)CNC(=O)CSc1nnc(-c2ccc(C(C)(C)C)cc2)n1Cc1ccccc1. The number of amides is 1. The van der Waals surface area contributed by atoms with Crippen LogP contribution in [0.1, 0.15) is 31.9 Å². The predicted octanol–water partition coefficient (Wildman–Crippen LogP) is 3.67. The van der Waals surface area contributed by atoms with Crippen molar-refractivity contribution in [2.24, 2.45) is 0 Å². The lowest BCUT2D eigenvalue weighted by Gasteiger charge is -2.19. The van der Waals surface area contributed by atoms with Crippen molar-refractivity contribution in [3.63, 3.8) is 0 Å². The maximum Gasteiger partial charge on any atom is 0.325 e. The fourth-order valence-corrected chi connectivity index (χ4v) is 3.83. The molecule has 3 rings (SSSR count). The minimum absolute atomic E-state index is 0.0643. The van der Waals surface area contributed by atoms with Crippen LogP contribution in [0.3, 0.4) is 0 Å². The Morgan fingerprint density at radius 1 is 1.03 bits per heavy atom. The maximum absolute atomic E-state index is 12.1. The molecule has 0 unspecified atom stereocenters. The number of hydrogen-bond donors (Lipinski definition) is 1. The first kappa shape index (κ1) is 23.5. The molecule has 0 fully saturated rings. The summed E-state index contributed by atoms with van der Waals surface area (Å²) in [5.74, 6) is 0.0986.